The minimum absolute atomic E-state index is 0.187. The normalized spacial score (nSPS) is 19.1. The Labute approximate surface area is 296 Å². The van der Waals surface area contributed by atoms with Crippen molar-refractivity contribution in [2.24, 2.45) is 0 Å². The summed E-state index contributed by atoms with van der Waals surface area (Å²) in [7, 11) is 3.72. The van der Waals surface area contributed by atoms with Crippen LogP contribution in [0.25, 0.3) is 0 Å². The molecule has 1 atom stereocenters. The molecule has 6 N–H and O–H groups in total. The van der Waals surface area contributed by atoms with Crippen LogP contribution in [0.1, 0.15) is 5.56 Å². The largest absolute Gasteiger partial charge is 0.480 e. The van der Waals surface area contributed by atoms with Gasteiger partial charge in [0.1, 0.15) is 0 Å². The van der Waals surface area contributed by atoms with E-state index in [1.54, 1.807) is 19.6 Å². The van der Waals surface area contributed by atoms with Crippen LogP contribution in [-0.4, -0.2) is 197 Å². The van der Waals surface area contributed by atoms with E-state index in [9.17, 15) is 39.6 Å². The topological polar surface area (TPSA) is 231 Å². The maximum Gasteiger partial charge on any atom is 0.317 e. The number of aliphatic carboxylic acids is 4. The van der Waals surface area contributed by atoms with Crippen LogP contribution in [0.5, 0.6) is 0 Å². The molecule has 0 radical (unpaired) electrons. The van der Waals surface area contributed by atoms with Gasteiger partial charge in [-0.25, -0.2) is 0 Å². The van der Waals surface area contributed by atoms with E-state index < -0.39 is 29.9 Å². The van der Waals surface area contributed by atoms with Gasteiger partial charge >= 0.3 is 23.9 Å². The molecule has 2 saturated heterocycles. The van der Waals surface area contributed by atoms with E-state index in [0.717, 1.165) is 37.4 Å². The van der Waals surface area contributed by atoms with E-state index >= 15 is 0 Å². The molecule has 1 aromatic carbocycles. The Morgan fingerprint density at radius 3 is 1.80 bits per heavy atom. The quantitative estimate of drug-likeness (QED) is 0.132. The molecule has 2 fully saturated rings. The second-order valence-electron chi connectivity index (χ2n) is 12.9. The van der Waals surface area contributed by atoms with E-state index in [1.165, 1.54) is 0 Å². The van der Waals surface area contributed by atoms with Crippen molar-refractivity contribution in [1.29, 1.82) is 0 Å². The Balaban J connectivity index is 1.58. The predicted octanol–water partition coefficient (Wildman–Crippen LogP) is -1.44. The predicted molar refractivity (Wildman–Crippen MR) is 188 cm³/mol. The number of rotatable bonds is 14. The first kappa shape index (κ1) is 39.1. The standard InChI is InChI=1S/C32H49N11O8/c1-38(2)31-35-30(36-32(37-31)42-9-7-33-8-10-42)34-24-5-3-23(4-6-24)17-25-18-41(21-28(48)49)14-13-39(19-26(44)45)11-12-40(20-27(46)47)15-16-43(25)22-29(50)51/h3-6,25,33H,7-22H2,1-2H3,(H,44,45)(H,46,47)(H,48,49)(H,50,51)(H,34,35,36,37). The van der Waals surface area contributed by atoms with Gasteiger partial charge in [-0.05, 0) is 24.1 Å². The number of carbonyl (C=O) groups is 4. The molecule has 2 aliphatic rings. The van der Waals surface area contributed by atoms with Crippen molar-refractivity contribution in [2.75, 3.05) is 127 Å². The first-order valence-electron chi connectivity index (χ1n) is 16.9. The van der Waals surface area contributed by atoms with Crippen molar-refractivity contribution < 1.29 is 39.6 Å². The summed E-state index contributed by atoms with van der Waals surface area (Å²) in [4.78, 5) is 71.7. The Kier molecular flexibility index (Phi) is 14.6. The van der Waals surface area contributed by atoms with E-state index in [-0.39, 0.29) is 72.0 Å². The Morgan fingerprint density at radius 1 is 0.725 bits per heavy atom. The van der Waals surface area contributed by atoms with E-state index in [2.05, 4.69) is 30.5 Å². The highest BCUT2D eigenvalue weighted by Crippen LogP contribution is 2.21. The third-order valence-corrected chi connectivity index (χ3v) is 8.66. The van der Waals surface area contributed by atoms with Crippen molar-refractivity contribution in [3.8, 4) is 0 Å². The number of hydrogen-bond donors (Lipinski definition) is 6. The summed E-state index contributed by atoms with van der Waals surface area (Å²) in [5, 5.41) is 45.2. The number of anilines is 4. The molecule has 0 bridgehead atoms. The first-order valence-corrected chi connectivity index (χ1v) is 16.9. The number of carboxylic acids is 4. The van der Waals surface area contributed by atoms with Crippen molar-refractivity contribution in [1.82, 2.24) is 39.9 Å². The van der Waals surface area contributed by atoms with Crippen LogP contribution in [0.2, 0.25) is 0 Å². The van der Waals surface area contributed by atoms with Crippen LogP contribution >= 0.6 is 0 Å². The molecule has 0 amide bonds. The second kappa shape index (κ2) is 19.1. The third kappa shape index (κ3) is 13.2. The molecule has 2 aliphatic heterocycles. The van der Waals surface area contributed by atoms with Gasteiger partial charge in [0, 0.05) is 97.8 Å². The minimum atomic E-state index is -1.07. The highest BCUT2D eigenvalue weighted by atomic mass is 16.4. The molecule has 19 heteroatoms. The van der Waals surface area contributed by atoms with Crippen LogP contribution in [0.4, 0.5) is 23.5 Å². The maximum absolute atomic E-state index is 12.1. The molecule has 3 heterocycles. The molecular formula is C32H49N11O8. The van der Waals surface area contributed by atoms with Gasteiger partial charge in [0.15, 0.2) is 0 Å². The van der Waals surface area contributed by atoms with Crippen LogP contribution in [-0.2, 0) is 25.6 Å². The minimum Gasteiger partial charge on any atom is -0.480 e. The first-order chi connectivity index (χ1) is 24.3. The highest BCUT2D eigenvalue weighted by molar-refractivity contribution is 5.70. The van der Waals surface area contributed by atoms with Crippen LogP contribution in [0, 0.1) is 0 Å². The number of nitrogens with zero attached hydrogens (tertiary/aromatic N) is 9. The van der Waals surface area contributed by atoms with Crippen LogP contribution < -0.4 is 20.4 Å². The molecule has 0 spiro atoms. The summed E-state index contributed by atoms with van der Waals surface area (Å²) < 4.78 is 0. The second-order valence-corrected chi connectivity index (χ2v) is 12.9. The molecule has 1 aromatic heterocycles. The molecule has 51 heavy (non-hydrogen) atoms. The van der Waals surface area contributed by atoms with Gasteiger partial charge in [-0.3, -0.25) is 38.8 Å². The van der Waals surface area contributed by atoms with Gasteiger partial charge in [-0.2, -0.15) is 15.0 Å². The Hall–Kier alpha value is -4.69. The lowest BCUT2D eigenvalue weighted by molar-refractivity contribution is -0.142. The third-order valence-electron chi connectivity index (χ3n) is 8.66. The van der Waals surface area contributed by atoms with Gasteiger partial charge in [0.2, 0.25) is 17.8 Å². The number of carboxylic acid groups (broad SMARTS) is 4. The van der Waals surface area contributed by atoms with Crippen molar-refractivity contribution in [2.45, 2.75) is 12.5 Å². The van der Waals surface area contributed by atoms with Crippen LogP contribution in [0.15, 0.2) is 24.3 Å². The smallest absolute Gasteiger partial charge is 0.317 e. The zero-order valence-corrected chi connectivity index (χ0v) is 29.1. The number of piperazine rings is 1. The van der Waals surface area contributed by atoms with Gasteiger partial charge in [0.25, 0.3) is 0 Å². The van der Waals surface area contributed by atoms with Crippen LogP contribution in [0.3, 0.4) is 0 Å². The lowest BCUT2D eigenvalue weighted by atomic mass is 10.0. The zero-order chi connectivity index (χ0) is 36.9. The summed E-state index contributed by atoms with van der Waals surface area (Å²) in [5.41, 5.74) is 1.58. The maximum atomic E-state index is 12.1. The van der Waals surface area contributed by atoms with E-state index in [0.29, 0.717) is 24.3 Å². The molecule has 0 aliphatic carbocycles. The Morgan fingerprint density at radius 2 is 1.25 bits per heavy atom. The average molecular weight is 716 g/mol. The lowest BCUT2D eigenvalue weighted by Crippen LogP contribution is -2.53. The fraction of sp³-hybridized carbons (Fsp3) is 0.594. The molecule has 280 valence electrons. The summed E-state index contributed by atoms with van der Waals surface area (Å²) in [6.07, 6.45) is 0.366. The Bertz CT molecular complexity index is 1480. The summed E-state index contributed by atoms with van der Waals surface area (Å²) in [6, 6.07) is 7.06. The molecular weight excluding hydrogens is 666 g/mol. The molecule has 1 unspecified atom stereocenters. The average Bonchev–Trinajstić information content (AvgIpc) is 3.06. The number of nitrogens with one attached hydrogen (secondary N) is 2. The SMILES string of the molecule is CN(C)c1nc(Nc2ccc(CC3CN(CC(=O)O)CCN(CC(=O)O)CCN(CC(=O)O)CCN3CC(=O)O)cc2)nc(N2CCNCC2)n1. The summed E-state index contributed by atoms with van der Waals surface area (Å²) in [5.74, 6) is -2.75. The summed E-state index contributed by atoms with van der Waals surface area (Å²) >= 11 is 0. The molecule has 0 saturated carbocycles. The van der Waals surface area contributed by atoms with Crippen molar-refractivity contribution in [3.63, 3.8) is 0 Å². The molecule has 4 rings (SSSR count). The monoisotopic (exact) mass is 715 g/mol. The van der Waals surface area contributed by atoms with E-state index in [4.69, 9.17) is 0 Å². The van der Waals surface area contributed by atoms with E-state index in [1.807, 2.05) is 43.3 Å². The van der Waals surface area contributed by atoms with Gasteiger partial charge < -0.3 is 40.9 Å². The van der Waals surface area contributed by atoms with Gasteiger partial charge in [-0.15, -0.1) is 0 Å². The molecule has 2 aromatic rings. The van der Waals surface area contributed by atoms with Crippen molar-refractivity contribution >= 4 is 47.4 Å². The number of aromatic nitrogens is 3. The van der Waals surface area contributed by atoms with Gasteiger partial charge in [-0.1, -0.05) is 12.1 Å². The highest BCUT2D eigenvalue weighted by Gasteiger charge is 2.27. The lowest BCUT2D eigenvalue weighted by Gasteiger charge is -2.37. The fourth-order valence-electron chi connectivity index (χ4n) is 6.10. The zero-order valence-electron chi connectivity index (χ0n) is 29.1. The fourth-order valence-corrected chi connectivity index (χ4v) is 6.10. The molecule has 19 nitrogen and oxygen atoms in total. The summed E-state index contributed by atoms with van der Waals surface area (Å²) in [6.45, 7) is 3.53. The van der Waals surface area contributed by atoms with Gasteiger partial charge in [0.05, 0.1) is 26.2 Å². The number of hydrogen-bond acceptors (Lipinski definition) is 15. The van der Waals surface area contributed by atoms with Crippen molar-refractivity contribution in [3.05, 3.63) is 29.8 Å². The number of benzene rings is 1.